The van der Waals surface area contributed by atoms with Gasteiger partial charge in [0.15, 0.2) is 5.78 Å². The number of hydrogen-bond donors (Lipinski definition) is 2. The van der Waals surface area contributed by atoms with Crippen LogP contribution in [0.4, 0.5) is 8.78 Å². The molecule has 8 atom stereocenters. The first kappa shape index (κ1) is 23.1. The Morgan fingerprint density at radius 3 is 2.56 bits per heavy atom. The Balaban J connectivity index is 1.75. The average Bonchev–Trinajstić information content (AvgIpc) is 3.04. The van der Waals surface area contributed by atoms with Gasteiger partial charge in [0.1, 0.15) is 11.8 Å². The van der Waals surface area contributed by atoms with Crippen LogP contribution in [0, 0.1) is 28.6 Å². The van der Waals surface area contributed by atoms with Crippen LogP contribution in [0.1, 0.15) is 52.9 Å². The molecule has 0 aromatic rings. The van der Waals surface area contributed by atoms with Crippen molar-refractivity contribution < 1.29 is 38.1 Å². The lowest BCUT2D eigenvalue weighted by Gasteiger charge is -2.61. The fourth-order valence-corrected chi connectivity index (χ4v) is 6.99. The van der Waals surface area contributed by atoms with Crippen LogP contribution in [0.3, 0.4) is 0 Å². The lowest BCUT2D eigenvalue weighted by molar-refractivity contribution is -0.212. The Kier molecular flexibility index (Phi) is 5.20. The van der Waals surface area contributed by atoms with E-state index in [1.165, 1.54) is 25.2 Å². The highest BCUT2D eigenvalue weighted by atomic mass is 19.1. The molecule has 3 saturated carbocycles. The fourth-order valence-electron chi connectivity index (χ4n) is 6.99. The lowest BCUT2D eigenvalue weighted by Crippen LogP contribution is -2.65. The van der Waals surface area contributed by atoms with E-state index in [2.05, 4.69) is 0 Å². The number of carboxylic acids is 1. The lowest BCUT2D eigenvalue weighted by atomic mass is 9.45. The molecule has 0 radical (unpaired) electrons. The van der Waals surface area contributed by atoms with Crippen LogP contribution in [-0.2, 0) is 19.1 Å². The number of aliphatic hydroxyl groups is 1. The van der Waals surface area contributed by atoms with E-state index in [-0.39, 0.29) is 43.5 Å². The molecule has 0 heterocycles. The van der Waals surface area contributed by atoms with Gasteiger partial charge in [0.2, 0.25) is 5.60 Å². The molecule has 3 fully saturated rings. The zero-order chi connectivity index (χ0) is 23.7. The van der Waals surface area contributed by atoms with Crippen molar-refractivity contribution in [3.63, 3.8) is 0 Å². The number of aliphatic carboxylic acids is 1. The second-order valence-corrected chi connectivity index (χ2v) is 10.4. The van der Waals surface area contributed by atoms with Gasteiger partial charge in [-0.05, 0) is 69.6 Å². The summed E-state index contributed by atoms with van der Waals surface area (Å²) < 4.78 is 37.8. The van der Waals surface area contributed by atoms with Gasteiger partial charge in [-0.15, -0.1) is 0 Å². The summed E-state index contributed by atoms with van der Waals surface area (Å²) in [5.41, 5.74) is -5.94. The van der Waals surface area contributed by atoms with Crippen LogP contribution in [0.5, 0.6) is 0 Å². The predicted octanol–water partition coefficient (Wildman–Crippen LogP) is 3.33. The van der Waals surface area contributed by atoms with Gasteiger partial charge < -0.3 is 14.9 Å². The van der Waals surface area contributed by atoms with Gasteiger partial charge in [-0.1, -0.05) is 13.0 Å². The van der Waals surface area contributed by atoms with E-state index in [1.807, 2.05) is 0 Å². The Bertz CT molecular complexity index is 929. The molecule has 176 valence electrons. The van der Waals surface area contributed by atoms with Crippen molar-refractivity contribution in [1.82, 2.24) is 0 Å². The average molecular weight is 452 g/mol. The Morgan fingerprint density at radius 1 is 1.25 bits per heavy atom. The molecule has 6 nitrogen and oxygen atoms in total. The van der Waals surface area contributed by atoms with Gasteiger partial charge in [-0.2, -0.15) is 0 Å². The van der Waals surface area contributed by atoms with E-state index in [9.17, 15) is 24.6 Å². The van der Waals surface area contributed by atoms with Crippen molar-refractivity contribution in [3.8, 4) is 0 Å². The quantitative estimate of drug-likeness (QED) is 0.635. The van der Waals surface area contributed by atoms with Gasteiger partial charge in [0.05, 0.1) is 12.5 Å². The number of hydrogen-bond acceptors (Lipinski definition) is 5. The van der Waals surface area contributed by atoms with Gasteiger partial charge in [-0.25, -0.2) is 13.6 Å². The summed E-state index contributed by atoms with van der Waals surface area (Å²) in [6.07, 6.45) is 2.68. The van der Waals surface area contributed by atoms with Crippen LogP contribution in [0.2, 0.25) is 0 Å². The molecule has 0 spiro atoms. The third kappa shape index (κ3) is 2.74. The van der Waals surface area contributed by atoms with E-state index in [0.717, 1.165) is 0 Å². The second-order valence-electron chi connectivity index (χ2n) is 10.4. The maximum atomic E-state index is 16.9. The minimum absolute atomic E-state index is 0.00462. The van der Waals surface area contributed by atoms with Crippen LogP contribution in [0.25, 0.3) is 0 Å². The zero-order valence-electron chi connectivity index (χ0n) is 18.6. The molecule has 0 aromatic carbocycles. The monoisotopic (exact) mass is 452 g/mol. The minimum Gasteiger partial charge on any atom is -0.478 e. The van der Waals surface area contributed by atoms with E-state index in [0.29, 0.717) is 0 Å². The highest BCUT2D eigenvalue weighted by Crippen LogP contribution is 2.70. The number of carbonyl (C=O) groups excluding carboxylic acids is 2. The van der Waals surface area contributed by atoms with Crippen molar-refractivity contribution in [2.24, 2.45) is 28.6 Å². The first-order valence-corrected chi connectivity index (χ1v) is 11.2. The van der Waals surface area contributed by atoms with Crippen molar-refractivity contribution in [2.45, 2.75) is 70.3 Å². The molecule has 4 rings (SSSR count). The third-order valence-corrected chi connectivity index (χ3v) is 9.07. The maximum Gasteiger partial charge on any atom is 0.348 e. The van der Waals surface area contributed by atoms with E-state index >= 15 is 8.78 Å². The molecule has 0 aromatic heterocycles. The van der Waals surface area contributed by atoms with Crippen molar-refractivity contribution in [1.29, 1.82) is 0 Å². The normalized spacial score (nSPS) is 45.9. The fraction of sp³-hybridized carbons (Fsp3) is 0.708. The van der Waals surface area contributed by atoms with Crippen LogP contribution in [-0.4, -0.2) is 52.0 Å². The number of esters is 1. The van der Waals surface area contributed by atoms with Crippen LogP contribution < -0.4 is 0 Å². The van der Waals surface area contributed by atoms with Crippen molar-refractivity contribution in [2.75, 3.05) is 6.61 Å². The molecule has 4 aliphatic carbocycles. The zero-order valence-corrected chi connectivity index (χ0v) is 18.6. The molecular weight excluding hydrogens is 422 g/mol. The number of halogens is 2. The Hall–Kier alpha value is -2.09. The molecule has 0 amide bonds. The highest BCUT2D eigenvalue weighted by Gasteiger charge is 2.74. The van der Waals surface area contributed by atoms with Gasteiger partial charge in [0, 0.05) is 16.7 Å². The predicted molar refractivity (Wildman–Crippen MR) is 110 cm³/mol. The van der Waals surface area contributed by atoms with E-state index < -0.39 is 64.6 Å². The van der Waals surface area contributed by atoms with E-state index in [4.69, 9.17) is 4.74 Å². The summed E-state index contributed by atoms with van der Waals surface area (Å²) in [6.45, 7) is 4.29. The SMILES string of the molecule is CC(CO)C(=O)O[C@]1(C(=O)O)CC[C@H]2[C@@H]3C[C@H](F)C4=CC(=O)C=C[C@]4(C)[C@@]3(F)CC[C@@]21C. The smallest absolute Gasteiger partial charge is 0.348 e. The number of fused-ring (bicyclic) bond motifs is 5. The summed E-state index contributed by atoms with van der Waals surface area (Å²) >= 11 is 0. The molecule has 2 N–H and O–H groups in total. The number of ether oxygens (including phenoxy) is 1. The van der Waals surface area contributed by atoms with Gasteiger partial charge in [-0.3, -0.25) is 9.59 Å². The summed E-state index contributed by atoms with van der Waals surface area (Å²) in [5.74, 6) is -4.66. The molecular formula is C24H30F2O6. The summed E-state index contributed by atoms with van der Waals surface area (Å²) in [5, 5.41) is 19.5. The standard InChI is InChI=1S/C24H30F2O6/c1-13(12-27)19(29)32-24(20(30)31)7-5-15-16-11-18(25)17-10-14(28)4-6-21(17,2)23(16,26)9-8-22(15,24)3/h4,6,10,13,15-16,18,27H,5,7-9,11-12H2,1-3H3,(H,30,31)/t13?,15-,16-,18-,21-,22-,23+,24-/m0/s1. The summed E-state index contributed by atoms with van der Waals surface area (Å²) in [4.78, 5) is 36.9. The molecule has 0 bridgehead atoms. The topological polar surface area (TPSA) is 101 Å². The molecule has 32 heavy (non-hydrogen) atoms. The number of alkyl halides is 2. The van der Waals surface area contributed by atoms with Crippen LogP contribution >= 0.6 is 0 Å². The Labute approximate surface area is 185 Å². The number of carbonyl (C=O) groups is 3. The summed E-state index contributed by atoms with van der Waals surface area (Å²) in [6, 6.07) is 0. The number of ketones is 1. The molecule has 4 aliphatic rings. The third-order valence-electron chi connectivity index (χ3n) is 9.07. The minimum atomic E-state index is -1.86. The number of aliphatic hydroxyl groups excluding tert-OH is 1. The first-order valence-electron chi connectivity index (χ1n) is 11.2. The summed E-state index contributed by atoms with van der Waals surface area (Å²) in [7, 11) is 0. The molecule has 0 aliphatic heterocycles. The number of rotatable bonds is 4. The van der Waals surface area contributed by atoms with Gasteiger partial charge >= 0.3 is 11.9 Å². The molecule has 8 heteroatoms. The first-order chi connectivity index (χ1) is 14.9. The van der Waals surface area contributed by atoms with Crippen molar-refractivity contribution >= 4 is 17.7 Å². The highest BCUT2D eigenvalue weighted by molar-refractivity contribution is 6.01. The number of allylic oxidation sites excluding steroid dienone is 4. The van der Waals surface area contributed by atoms with Gasteiger partial charge in [0.25, 0.3) is 0 Å². The molecule has 1 unspecified atom stereocenters. The maximum absolute atomic E-state index is 16.9. The second kappa shape index (κ2) is 7.20. The van der Waals surface area contributed by atoms with E-state index in [1.54, 1.807) is 13.8 Å². The van der Waals surface area contributed by atoms with Crippen LogP contribution in [0.15, 0.2) is 23.8 Å². The van der Waals surface area contributed by atoms with Crippen molar-refractivity contribution in [3.05, 3.63) is 23.8 Å². The largest absolute Gasteiger partial charge is 0.478 e. The molecule has 0 saturated heterocycles. The Morgan fingerprint density at radius 2 is 1.94 bits per heavy atom. The number of carboxylic acid groups (broad SMARTS) is 1.